The fourth-order valence-electron chi connectivity index (χ4n) is 2.95. The molecule has 1 aliphatic rings. The Balaban J connectivity index is 2.02. The predicted molar refractivity (Wildman–Crippen MR) is 81.5 cm³/mol. The van der Waals surface area contributed by atoms with Gasteiger partial charge in [0.2, 0.25) is 0 Å². The van der Waals surface area contributed by atoms with E-state index in [-0.39, 0.29) is 17.4 Å². The Hall–Kier alpha value is -1.60. The van der Waals surface area contributed by atoms with Gasteiger partial charge in [-0.05, 0) is 37.5 Å². The maximum absolute atomic E-state index is 11.6. The van der Waals surface area contributed by atoms with Gasteiger partial charge in [-0.1, -0.05) is 0 Å². The topological polar surface area (TPSA) is 98.2 Å². The zero-order chi connectivity index (χ0) is 15.2. The highest BCUT2D eigenvalue weighted by molar-refractivity contribution is 7.91. The Morgan fingerprint density at radius 3 is 2.90 bits per heavy atom. The number of aromatic nitrogens is 2. The Kier molecular flexibility index (Phi) is 3.41. The second-order valence-electron chi connectivity index (χ2n) is 5.77. The van der Waals surface area contributed by atoms with Crippen molar-refractivity contribution in [1.82, 2.24) is 9.55 Å². The molecule has 1 fully saturated rings. The third kappa shape index (κ3) is 2.75. The summed E-state index contributed by atoms with van der Waals surface area (Å²) in [4.78, 5) is 4.43. The van der Waals surface area contributed by atoms with E-state index in [4.69, 9.17) is 5.73 Å². The van der Waals surface area contributed by atoms with Gasteiger partial charge in [0.1, 0.15) is 11.9 Å². The molecule has 0 aliphatic carbocycles. The van der Waals surface area contributed by atoms with E-state index in [0.717, 1.165) is 11.0 Å². The molecule has 1 aromatic carbocycles. The number of hydrogen-bond acceptors (Lipinski definition) is 5. The monoisotopic (exact) mass is 309 g/mol. The largest absolute Gasteiger partial charge is 0.399 e. The number of nitrogens with two attached hydrogens (primary N) is 1. The summed E-state index contributed by atoms with van der Waals surface area (Å²) >= 11 is 0. The molecule has 2 aromatic rings. The van der Waals surface area contributed by atoms with E-state index >= 15 is 0 Å². The standard InChI is InChI=1S/C14H19N3O3S/c1-9(18)14-16-12-6-11(15)2-3-13(12)17(14)7-10-4-5-21(19,20)8-10/h2-3,6,9-10,18H,4-5,7-8,15H2,1H3. The van der Waals surface area contributed by atoms with Gasteiger partial charge in [-0.3, -0.25) is 0 Å². The molecule has 6 nitrogen and oxygen atoms in total. The van der Waals surface area contributed by atoms with Crippen molar-refractivity contribution in [3.8, 4) is 0 Å². The van der Waals surface area contributed by atoms with Gasteiger partial charge in [-0.15, -0.1) is 0 Å². The van der Waals surface area contributed by atoms with Crippen molar-refractivity contribution in [3.63, 3.8) is 0 Å². The lowest BCUT2D eigenvalue weighted by atomic mass is 10.1. The number of hydrogen-bond donors (Lipinski definition) is 2. The highest BCUT2D eigenvalue weighted by Crippen LogP contribution is 2.27. The van der Waals surface area contributed by atoms with Crippen molar-refractivity contribution in [2.45, 2.75) is 26.0 Å². The van der Waals surface area contributed by atoms with Crippen LogP contribution in [0.15, 0.2) is 18.2 Å². The number of aliphatic hydroxyl groups excluding tert-OH is 1. The molecule has 1 aliphatic heterocycles. The van der Waals surface area contributed by atoms with Crippen molar-refractivity contribution in [2.75, 3.05) is 17.2 Å². The minimum Gasteiger partial charge on any atom is -0.399 e. The van der Waals surface area contributed by atoms with E-state index in [1.54, 1.807) is 19.1 Å². The normalized spacial score (nSPS) is 22.7. The molecule has 7 heteroatoms. The average Bonchev–Trinajstić information content (AvgIpc) is 2.90. The predicted octanol–water partition coefficient (Wildman–Crippen LogP) is 1.11. The zero-order valence-corrected chi connectivity index (χ0v) is 12.7. The van der Waals surface area contributed by atoms with Crippen LogP contribution in [-0.4, -0.2) is 34.6 Å². The lowest BCUT2D eigenvalue weighted by molar-refractivity contribution is 0.183. The molecule has 0 radical (unpaired) electrons. The number of benzene rings is 1. The first-order chi connectivity index (χ1) is 9.85. The van der Waals surface area contributed by atoms with Crippen molar-refractivity contribution in [3.05, 3.63) is 24.0 Å². The van der Waals surface area contributed by atoms with Crippen LogP contribution in [-0.2, 0) is 16.4 Å². The first-order valence-electron chi connectivity index (χ1n) is 7.00. The molecule has 0 amide bonds. The average molecular weight is 309 g/mol. The van der Waals surface area contributed by atoms with Crippen molar-refractivity contribution in [2.24, 2.45) is 5.92 Å². The zero-order valence-electron chi connectivity index (χ0n) is 11.9. The first kappa shape index (κ1) is 14.3. The van der Waals surface area contributed by atoms with Crippen LogP contribution in [0.2, 0.25) is 0 Å². The molecular weight excluding hydrogens is 290 g/mol. The van der Waals surface area contributed by atoms with Gasteiger partial charge in [0.15, 0.2) is 9.84 Å². The fraction of sp³-hybridized carbons (Fsp3) is 0.500. The molecule has 0 saturated carbocycles. The number of nitrogen functional groups attached to an aromatic ring is 1. The number of rotatable bonds is 3. The van der Waals surface area contributed by atoms with E-state index in [9.17, 15) is 13.5 Å². The third-order valence-electron chi connectivity index (χ3n) is 3.94. The third-order valence-corrected chi connectivity index (χ3v) is 5.78. The lowest BCUT2D eigenvalue weighted by Gasteiger charge is -2.14. The van der Waals surface area contributed by atoms with E-state index in [1.165, 1.54) is 0 Å². The number of imidazole rings is 1. The van der Waals surface area contributed by atoms with Crippen LogP contribution in [0.1, 0.15) is 25.3 Å². The van der Waals surface area contributed by atoms with E-state index in [1.807, 2.05) is 10.6 Å². The highest BCUT2D eigenvalue weighted by atomic mass is 32.2. The molecule has 2 atom stereocenters. The second kappa shape index (κ2) is 4.99. The smallest absolute Gasteiger partial charge is 0.150 e. The Labute approximate surface area is 123 Å². The Morgan fingerprint density at radius 2 is 2.29 bits per heavy atom. The van der Waals surface area contributed by atoms with E-state index in [0.29, 0.717) is 24.5 Å². The minimum absolute atomic E-state index is 0.0717. The van der Waals surface area contributed by atoms with Crippen LogP contribution in [0.25, 0.3) is 11.0 Å². The number of nitrogens with zero attached hydrogens (tertiary/aromatic N) is 2. The summed E-state index contributed by atoms with van der Waals surface area (Å²) in [5.41, 5.74) is 7.99. The van der Waals surface area contributed by atoms with Gasteiger partial charge in [0.25, 0.3) is 0 Å². The summed E-state index contributed by atoms with van der Waals surface area (Å²) in [7, 11) is -2.91. The van der Waals surface area contributed by atoms with Crippen molar-refractivity contribution in [1.29, 1.82) is 0 Å². The molecule has 3 rings (SSSR count). The van der Waals surface area contributed by atoms with Gasteiger partial charge in [-0.2, -0.15) is 0 Å². The van der Waals surface area contributed by atoms with Crippen molar-refractivity contribution < 1.29 is 13.5 Å². The van der Waals surface area contributed by atoms with E-state index in [2.05, 4.69) is 4.98 Å². The summed E-state index contributed by atoms with van der Waals surface area (Å²) in [6.07, 6.45) is -0.0485. The molecule has 3 N–H and O–H groups in total. The molecular formula is C14H19N3O3S. The van der Waals surface area contributed by atoms with Crippen LogP contribution < -0.4 is 5.73 Å². The Bertz CT molecular complexity index is 780. The van der Waals surface area contributed by atoms with Crippen LogP contribution in [0.5, 0.6) is 0 Å². The van der Waals surface area contributed by atoms with E-state index < -0.39 is 15.9 Å². The number of aliphatic hydroxyl groups is 1. The van der Waals surface area contributed by atoms with Gasteiger partial charge in [0.05, 0.1) is 22.5 Å². The fourth-order valence-corrected chi connectivity index (χ4v) is 4.80. The highest BCUT2D eigenvalue weighted by Gasteiger charge is 2.29. The summed E-state index contributed by atoms with van der Waals surface area (Å²) in [6.45, 7) is 2.21. The van der Waals surface area contributed by atoms with Gasteiger partial charge < -0.3 is 15.4 Å². The maximum atomic E-state index is 11.6. The molecule has 1 aromatic heterocycles. The van der Waals surface area contributed by atoms with Crippen LogP contribution in [0.3, 0.4) is 0 Å². The van der Waals surface area contributed by atoms with Crippen LogP contribution in [0.4, 0.5) is 5.69 Å². The first-order valence-corrected chi connectivity index (χ1v) is 8.82. The number of anilines is 1. The molecule has 0 bridgehead atoms. The van der Waals surface area contributed by atoms with Gasteiger partial charge >= 0.3 is 0 Å². The summed E-state index contributed by atoms with van der Waals surface area (Å²) in [6, 6.07) is 5.42. The molecule has 0 spiro atoms. The number of fused-ring (bicyclic) bond motifs is 1. The summed E-state index contributed by atoms with van der Waals surface area (Å²) < 4.78 is 25.1. The number of sulfone groups is 1. The van der Waals surface area contributed by atoms with Crippen LogP contribution >= 0.6 is 0 Å². The van der Waals surface area contributed by atoms with Gasteiger partial charge in [0, 0.05) is 12.2 Å². The van der Waals surface area contributed by atoms with Crippen molar-refractivity contribution >= 4 is 26.6 Å². The SMILES string of the molecule is CC(O)c1nc2cc(N)ccc2n1CC1CCS(=O)(=O)C1. The minimum atomic E-state index is -2.91. The summed E-state index contributed by atoms with van der Waals surface area (Å²) in [5, 5.41) is 9.92. The van der Waals surface area contributed by atoms with Crippen LogP contribution in [0, 0.1) is 5.92 Å². The second-order valence-corrected chi connectivity index (χ2v) is 8.00. The molecule has 21 heavy (non-hydrogen) atoms. The summed E-state index contributed by atoms with van der Waals surface area (Å²) in [5.74, 6) is 1.09. The Morgan fingerprint density at radius 1 is 1.52 bits per heavy atom. The molecule has 2 heterocycles. The molecule has 114 valence electrons. The maximum Gasteiger partial charge on any atom is 0.150 e. The lowest BCUT2D eigenvalue weighted by Crippen LogP contribution is -2.15. The van der Waals surface area contributed by atoms with Gasteiger partial charge in [-0.25, -0.2) is 13.4 Å². The molecule has 1 saturated heterocycles. The quantitative estimate of drug-likeness (QED) is 0.828. The molecule has 2 unspecified atom stereocenters.